The van der Waals surface area contributed by atoms with Crippen LogP contribution in [0, 0.1) is 10.1 Å². The highest BCUT2D eigenvalue weighted by molar-refractivity contribution is 5.88. The van der Waals surface area contributed by atoms with Crippen molar-refractivity contribution in [2.75, 3.05) is 13.2 Å². The van der Waals surface area contributed by atoms with Gasteiger partial charge in [0, 0.05) is 17.5 Å². The number of non-ortho nitro benzene ring substituents is 1. The number of nitro benzene ring substituents is 1. The second-order valence-electron chi connectivity index (χ2n) is 7.87. The minimum Gasteiger partial charge on any atom is -0.485 e. The van der Waals surface area contributed by atoms with E-state index in [1.54, 1.807) is 6.07 Å². The van der Waals surface area contributed by atoms with Gasteiger partial charge in [-0.05, 0) is 65.7 Å². The number of pyridine rings is 1. The first-order valence-electron chi connectivity index (χ1n) is 10.2. The zero-order valence-corrected chi connectivity index (χ0v) is 18.8. The van der Waals surface area contributed by atoms with Crippen molar-refractivity contribution in [1.29, 1.82) is 0 Å². The first-order valence-corrected chi connectivity index (χ1v) is 10.2. The zero-order valence-electron chi connectivity index (χ0n) is 18.8. The minimum atomic E-state index is -0.505. The number of nitrogens with zero attached hydrogens (tertiary/aromatic N) is 1. The van der Waals surface area contributed by atoms with E-state index in [0.717, 1.165) is 24.0 Å². The number of rotatable bonds is 10. The van der Waals surface area contributed by atoms with Crippen LogP contribution in [0.3, 0.4) is 0 Å². The summed E-state index contributed by atoms with van der Waals surface area (Å²) < 4.78 is 11.7. The number of hydrogen-bond acceptors (Lipinski definition) is 5. The Hall–Kier alpha value is -3.35. The lowest BCUT2D eigenvalue weighted by Gasteiger charge is -2.13. The molecule has 1 N–H and O–H groups in total. The van der Waals surface area contributed by atoms with Gasteiger partial charge in [0.15, 0.2) is 5.75 Å². The van der Waals surface area contributed by atoms with Crippen LogP contribution in [-0.2, 0) is 0 Å². The molecule has 0 bridgehead atoms. The minimum absolute atomic E-state index is 0.0665. The maximum absolute atomic E-state index is 12.7. The summed E-state index contributed by atoms with van der Waals surface area (Å²) in [4.78, 5) is 25.9. The molecule has 166 valence electrons. The summed E-state index contributed by atoms with van der Waals surface area (Å²) in [6, 6.07) is 4.27. The highest BCUT2D eigenvalue weighted by atomic mass is 16.6. The van der Waals surface area contributed by atoms with Gasteiger partial charge in [0.05, 0.1) is 10.4 Å². The highest BCUT2D eigenvalue weighted by Crippen LogP contribution is 2.33. The summed E-state index contributed by atoms with van der Waals surface area (Å²) in [5, 5.41) is 11.6. The van der Waals surface area contributed by atoms with E-state index in [2.05, 4.69) is 24.9 Å². The second-order valence-corrected chi connectivity index (χ2v) is 7.87. The molecule has 0 unspecified atom stereocenters. The average molecular weight is 427 g/mol. The Morgan fingerprint density at radius 2 is 1.65 bits per heavy atom. The van der Waals surface area contributed by atoms with Gasteiger partial charge < -0.3 is 14.5 Å². The number of allylic oxidation sites excluding steroid dienone is 4. The van der Waals surface area contributed by atoms with E-state index < -0.39 is 10.5 Å². The first-order chi connectivity index (χ1) is 14.7. The Morgan fingerprint density at radius 3 is 2.29 bits per heavy atom. The molecule has 7 heteroatoms. The van der Waals surface area contributed by atoms with Crippen molar-refractivity contribution in [2.45, 2.75) is 47.5 Å². The van der Waals surface area contributed by atoms with E-state index in [1.807, 2.05) is 32.9 Å². The number of hydrogen-bond donors (Lipinski definition) is 1. The lowest BCUT2D eigenvalue weighted by Crippen LogP contribution is -2.14. The SMILES string of the molecule is CC(C)=CCC/C(C)=C/COc1c(OCC=C(C)C)c2ccc([N+](=O)[O-])cc2[nH]c1=O. The third-order valence-corrected chi connectivity index (χ3v) is 4.59. The molecule has 0 amide bonds. The summed E-state index contributed by atoms with van der Waals surface area (Å²) in [7, 11) is 0. The normalized spacial score (nSPS) is 11.2. The molecule has 0 saturated carbocycles. The zero-order chi connectivity index (χ0) is 23.0. The van der Waals surface area contributed by atoms with E-state index in [9.17, 15) is 14.9 Å². The van der Waals surface area contributed by atoms with Gasteiger partial charge >= 0.3 is 0 Å². The maximum Gasteiger partial charge on any atom is 0.294 e. The van der Waals surface area contributed by atoms with Crippen LogP contribution in [0.5, 0.6) is 11.5 Å². The van der Waals surface area contributed by atoms with Crippen LogP contribution < -0.4 is 15.0 Å². The topological polar surface area (TPSA) is 94.5 Å². The molecule has 0 aliphatic heterocycles. The Kier molecular flexibility index (Phi) is 8.61. The molecule has 2 rings (SSSR count). The highest BCUT2D eigenvalue weighted by Gasteiger charge is 2.18. The fourth-order valence-corrected chi connectivity index (χ4v) is 2.88. The van der Waals surface area contributed by atoms with E-state index >= 15 is 0 Å². The number of H-pyrrole nitrogens is 1. The standard InChI is InChI=1S/C24H30N2O5/c1-16(2)7-6-8-18(5)12-14-31-23-22(30-13-11-17(3)4)20-10-9-19(26(28)29)15-21(20)25-24(23)27/h7,9-12,15H,6,8,13-14H2,1-5H3,(H,25,27)/b18-12+. The van der Waals surface area contributed by atoms with Crippen molar-refractivity contribution >= 4 is 16.6 Å². The molecule has 0 atom stereocenters. The monoisotopic (exact) mass is 426 g/mol. The van der Waals surface area contributed by atoms with Gasteiger partial charge in [0.25, 0.3) is 11.2 Å². The summed E-state index contributed by atoms with van der Waals surface area (Å²) in [6.07, 6.45) is 7.88. The van der Waals surface area contributed by atoms with Gasteiger partial charge in [-0.3, -0.25) is 14.9 Å². The molecule has 0 spiro atoms. The smallest absolute Gasteiger partial charge is 0.294 e. The van der Waals surface area contributed by atoms with Crippen LogP contribution in [0.1, 0.15) is 47.5 Å². The summed E-state index contributed by atoms with van der Waals surface area (Å²) >= 11 is 0. The number of aromatic amines is 1. The van der Waals surface area contributed by atoms with Crippen LogP contribution >= 0.6 is 0 Å². The number of benzene rings is 1. The molecule has 7 nitrogen and oxygen atoms in total. The Labute approximate surface area is 182 Å². The van der Waals surface area contributed by atoms with Crippen LogP contribution in [0.25, 0.3) is 10.9 Å². The molecule has 0 radical (unpaired) electrons. The largest absolute Gasteiger partial charge is 0.485 e. The molecule has 0 saturated heterocycles. The van der Waals surface area contributed by atoms with Gasteiger partial charge in [0.2, 0.25) is 5.75 Å². The molecule has 1 aromatic heterocycles. The molecular formula is C24H30N2O5. The lowest BCUT2D eigenvalue weighted by molar-refractivity contribution is -0.384. The van der Waals surface area contributed by atoms with Crippen LogP contribution in [0.2, 0.25) is 0 Å². The van der Waals surface area contributed by atoms with E-state index in [4.69, 9.17) is 9.47 Å². The Morgan fingerprint density at radius 1 is 1.00 bits per heavy atom. The van der Waals surface area contributed by atoms with Crippen molar-refractivity contribution in [3.05, 3.63) is 73.6 Å². The van der Waals surface area contributed by atoms with Crippen molar-refractivity contribution in [3.63, 3.8) is 0 Å². The predicted molar refractivity (Wildman–Crippen MR) is 124 cm³/mol. The molecule has 31 heavy (non-hydrogen) atoms. The van der Waals surface area contributed by atoms with Crippen LogP contribution in [0.15, 0.2) is 57.9 Å². The number of fused-ring (bicyclic) bond motifs is 1. The van der Waals surface area contributed by atoms with Gasteiger partial charge in [-0.1, -0.05) is 22.8 Å². The van der Waals surface area contributed by atoms with Crippen LogP contribution in [0.4, 0.5) is 5.69 Å². The number of ether oxygens (including phenoxy) is 2. The summed E-state index contributed by atoms with van der Waals surface area (Å²) in [5.41, 5.74) is 3.25. The molecule has 2 aromatic rings. The van der Waals surface area contributed by atoms with Gasteiger partial charge in [0.1, 0.15) is 13.2 Å². The quantitative estimate of drug-likeness (QED) is 0.292. The Bertz CT molecular complexity index is 1090. The fourth-order valence-electron chi connectivity index (χ4n) is 2.88. The van der Waals surface area contributed by atoms with E-state index in [0.29, 0.717) is 10.9 Å². The molecule has 1 heterocycles. The fraction of sp³-hybridized carbons (Fsp3) is 0.375. The third kappa shape index (κ3) is 7.13. The third-order valence-electron chi connectivity index (χ3n) is 4.59. The molecule has 0 aliphatic carbocycles. The first kappa shape index (κ1) is 23.9. The Balaban J connectivity index is 2.34. The van der Waals surface area contributed by atoms with Crippen molar-refractivity contribution in [3.8, 4) is 11.5 Å². The van der Waals surface area contributed by atoms with Gasteiger partial charge in [-0.2, -0.15) is 0 Å². The maximum atomic E-state index is 12.7. The van der Waals surface area contributed by atoms with Gasteiger partial charge in [-0.15, -0.1) is 0 Å². The van der Waals surface area contributed by atoms with Crippen LogP contribution in [-0.4, -0.2) is 23.1 Å². The second kappa shape index (κ2) is 11.2. The van der Waals surface area contributed by atoms with Crippen molar-refractivity contribution in [1.82, 2.24) is 4.98 Å². The average Bonchev–Trinajstić information content (AvgIpc) is 2.68. The number of nitrogens with one attached hydrogen (secondary N) is 1. The molecule has 1 aromatic carbocycles. The summed E-state index contributed by atoms with van der Waals surface area (Å²) in [5.74, 6) is 0.346. The molecule has 0 fully saturated rings. The molecular weight excluding hydrogens is 396 g/mol. The van der Waals surface area contributed by atoms with Crippen molar-refractivity contribution in [2.24, 2.45) is 0 Å². The number of aromatic nitrogens is 1. The molecule has 0 aliphatic rings. The number of nitro groups is 1. The lowest BCUT2D eigenvalue weighted by atomic mass is 10.1. The van der Waals surface area contributed by atoms with E-state index in [1.165, 1.54) is 17.7 Å². The van der Waals surface area contributed by atoms with Gasteiger partial charge in [-0.25, -0.2) is 0 Å². The summed E-state index contributed by atoms with van der Waals surface area (Å²) in [6.45, 7) is 10.5. The van der Waals surface area contributed by atoms with E-state index in [-0.39, 0.29) is 30.4 Å². The van der Waals surface area contributed by atoms with Crippen molar-refractivity contribution < 1.29 is 14.4 Å². The predicted octanol–water partition coefficient (Wildman–Crippen LogP) is 5.85.